The molecule has 0 atom stereocenters. The number of ether oxygens (including phenoxy) is 1. The summed E-state index contributed by atoms with van der Waals surface area (Å²) < 4.78 is 6.73. The monoisotopic (exact) mass is 280 g/mol. The summed E-state index contributed by atoms with van der Waals surface area (Å²) in [7, 11) is 1.44. The molecule has 0 aliphatic rings. The van der Waals surface area contributed by atoms with E-state index in [-0.39, 0.29) is 5.56 Å². The number of aromatic carboxylic acids is 1. The van der Waals surface area contributed by atoms with Gasteiger partial charge >= 0.3 is 5.97 Å². The molecule has 0 aliphatic heterocycles. The molecule has 0 radical (unpaired) electrons. The van der Waals surface area contributed by atoms with Crippen molar-refractivity contribution in [3.63, 3.8) is 0 Å². The summed E-state index contributed by atoms with van der Waals surface area (Å²) in [5, 5.41) is 13.8. The first-order chi connectivity index (χ1) is 9.02. The molecule has 2 rings (SSSR count). The molecule has 2 aromatic rings. The normalized spacial score (nSPS) is 10.5. The standard InChI is InChI=1S/C13H13ClN2O3/c1-8-11(14)6-15-16(8)7-9-3-4-12(19-2)10(5-9)13(17)18/h3-6H,7H2,1-2H3,(H,17,18). The third-order valence-electron chi connectivity index (χ3n) is 2.87. The van der Waals surface area contributed by atoms with Gasteiger partial charge in [0.2, 0.25) is 0 Å². The SMILES string of the molecule is COc1ccc(Cn2ncc(Cl)c2C)cc1C(=O)O. The summed E-state index contributed by atoms with van der Waals surface area (Å²) in [4.78, 5) is 11.1. The Morgan fingerprint density at radius 3 is 2.79 bits per heavy atom. The van der Waals surface area contributed by atoms with Gasteiger partial charge in [-0.05, 0) is 24.6 Å². The first-order valence-electron chi connectivity index (χ1n) is 5.61. The number of rotatable bonds is 4. The minimum atomic E-state index is -1.02. The maximum absolute atomic E-state index is 11.1. The molecule has 0 fully saturated rings. The topological polar surface area (TPSA) is 64.4 Å². The lowest BCUT2D eigenvalue weighted by molar-refractivity contribution is 0.0693. The van der Waals surface area contributed by atoms with Gasteiger partial charge in [0.15, 0.2) is 0 Å². The quantitative estimate of drug-likeness (QED) is 0.935. The van der Waals surface area contributed by atoms with Crippen LogP contribution in [0.1, 0.15) is 21.6 Å². The van der Waals surface area contributed by atoms with Crippen LogP contribution in [0.4, 0.5) is 0 Å². The van der Waals surface area contributed by atoms with Crippen LogP contribution >= 0.6 is 11.6 Å². The van der Waals surface area contributed by atoms with Gasteiger partial charge in [0.25, 0.3) is 0 Å². The number of carbonyl (C=O) groups is 1. The van der Waals surface area contributed by atoms with Crippen LogP contribution in [0.5, 0.6) is 5.75 Å². The molecule has 6 heteroatoms. The van der Waals surface area contributed by atoms with Crippen LogP contribution in [-0.2, 0) is 6.54 Å². The number of carboxylic acids is 1. The Kier molecular flexibility index (Phi) is 3.76. The van der Waals surface area contributed by atoms with Gasteiger partial charge in [-0.1, -0.05) is 17.7 Å². The summed E-state index contributed by atoms with van der Waals surface area (Å²) in [6, 6.07) is 5.02. The molecule has 1 N–H and O–H groups in total. The van der Waals surface area contributed by atoms with Crippen LogP contribution in [0.2, 0.25) is 5.02 Å². The van der Waals surface area contributed by atoms with Crippen molar-refractivity contribution < 1.29 is 14.6 Å². The second-order valence-electron chi connectivity index (χ2n) is 4.08. The minimum absolute atomic E-state index is 0.135. The fraction of sp³-hybridized carbons (Fsp3) is 0.231. The van der Waals surface area contributed by atoms with Gasteiger partial charge in [0.05, 0.1) is 30.6 Å². The Hall–Kier alpha value is -2.01. The Bertz CT molecular complexity index is 622. The van der Waals surface area contributed by atoms with Gasteiger partial charge in [-0.2, -0.15) is 5.10 Å². The molecule has 19 heavy (non-hydrogen) atoms. The van der Waals surface area contributed by atoms with Crippen molar-refractivity contribution >= 4 is 17.6 Å². The number of hydrogen-bond donors (Lipinski definition) is 1. The largest absolute Gasteiger partial charge is 0.496 e. The number of carboxylic acid groups (broad SMARTS) is 1. The van der Waals surface area contributed by atoms with Crippen LogP contribution in [0.25, 0.3) is 0 Å². The molecule has 0 saturated heterocycles. The van der Waals surface area contributed by atoms with Crippen molar-refractivity contribution in [2.45, 2.75) is 13.5 Å². The molecule has 0 spiro atoms. The van der Waals surface area contributed by atoms with Gasteiger partial charge in [-0.3, -0.25) is 4.68 Å². The molecule has 1 aromatic carbocycles. The van der Waals surface area contributed by atoms with Crippen LogP contribution < -0.4 is 4.74 Å². The fourth-order valence-corrected chi connectivity index (χ4v) is 1.92. The van der Waals surface area contributed by atoms with E-state index in [1.165, 1.54) is 7.11 Å². The fourth-order valence-electron chi connectivity index (χ4n) is 1.78. The van der Waals surface area contributed by atoms with Crippen LogP contribution in [0.3, 0.4) is 0 Å². The zero-order valence-corrected chi connectivity index (χ0v) is 11.3. The molecule has 0 unspecified atom stereocenters. The van der Waals surface area contributed by atoms with Crippen molar-refractivity contribution in [2.75, 3.05) is 7.11 Å². The van der Waals surface area contributed by atoms with Crippen molar-refractivity contribution in [1.29, 1.82) is 0 Å². The van der Waals surface area contributed by atoms with E-state index in [1.807, 2.05) is 6.92 Å². The van der Waals surface area contributed by atoms with Crippen molar-refractivity contribution in [3.05, 3.63) is 46.2 Å². The van der Waals surface area contributed by atoms with Gasteiger partial charge in [0.1, 0.15) is 11.3 Å². The number of halogens is 1. The lowest BCUT2D eigenvalue weighted by Crippen LogP contribution is -2.06. The Morgan fingerprint density at radius 1 is 1.53 bits per heavy atom. The van der Waals surface area contributed by atoms with Crippen molar-refractivity contribution in [3.8, 4) is 5.75 Å². The van der Waals surface area contributed by atoms with Gasteiger partial charge in [-0.25, -0.2) is 4.79 Å². The van der Waals surface area contributed by atoms with Crippen LogP contribution in [0.15, 0.2) is 24.4 Å². The van der Waals surface area contributed by atoms with Gasteiger partial charge < -0.3 is 9.84 Å². The molecule has 1 heterocycles. The number of nitrogens with zero attached hydrogens (tertiary/aromatic N) is 2. The number of benzene rings is 1. The molecule has 5 nitrogen and oxygen atoms in total. The molecular weight excluding hydrogens is 268 g/mol. The highest BCUT2D eigenvalue weighted by molar-refractivity contribution is 6.31. The number of aromatic nitrogens is 2. The van der Waals surface area contributed by atoms with Crippen molar-refractivity contribution in [1.82, 2.24) is 9.78 Å². The predicted molar refractivity (Wildman–Crippen MR) is 71.0 cm³/mol. The van der Waals surface area contributed by atoms with Gasteiger partial charge in [0, 0.05) is 0 Å². The van der Waals surface area contributed by atoms with E-state index in [9.17, 15) is 4.79 Å². The molecular formula is C13H13ClN2O3. The summed E-state index contributed by atoms with van der Waals surface area (Å²) >= 11 is 5.93. The van der Waals surface area contributed by atoms with E-state index < -0.39 is 5.97 Å². The third kappa shape index (κ3) is 2.71. The first kappa shape index (κ1) is 13.4. The third-order valence-corrected chi connectivity index (χ3v) is 3.24. The average molecular weight is 281 g/mol. The number of hydrogen-bond acceptors (Lipinski definition) is 3. The second-order valence-corrected chi connectivity index (χ2v) is 4.48. The lowest BCUT2D eigenvalue weighted by atomic mass is 10.1. The summed E-state index contributed by atoms with van der Waals surface area (Å²) in [6.45, 7) is 2.32. The highest BCUT2D eigenvalue weighted by Gasteiger charge is 2.12. The Labute approximate surface area is 115 Å². The van der Waals surface area contributed by atoms with Crippen LogP contribution in [-0.4, -0.2) is 28.0 Å². The molecule has 0 bridgehead atoms. The Morgan fingerprint density at radius 2 is 2.26 bits per heavy atom. The van der Waals surface area contributed by atoms with E-state index >= 15 is 0 Å². The van der Waals surface area contributed by atoms with E-state index in [2.05, 4.69) is 5.10 Å². The maximum atomic E-state index is 11.1. The lowest BCUT2D eigenvalue weighted by Gasteiger charge is -2.09. The minimum Gasteiger partial charge on any atom is -0.496 e. The summed E-state index contributed by atoms with van der Waals surface area (Å²) in [5.41, 5.74) is 1.80. The molecule has 0 aliphatic carbocycles. The first-order valence-corrected chi connectivity index (χ1v) is 5.99. The zero-order chi connectivity index (χ0) is 14.0. The summed E-state index contributed by atoms with van der Waals surface area (Å²) in [5.74, 6) is -0.680. The molecule has 0 amide bonds. The molecule has 0 saturated carbocycles. The van der Waals surface area contributed by atoms with Crippen LogP contribution in [0, 0.1) is 6.92 Å². The predicted octanol–water partition coefficient (Wildman–Crippen LogP) is 2.60. The van der Waals surface area contributed by atoms with Gasteiger partial charge in [-0.15, -0.1) is 0 Å². The smallest absolute Gasteiger partial charge is 0.339 e. The van der Waals surface area contributed by atoms with E-state index in [0.717, 1.165) is 11.3 Å². The van der Waals surface area contributed by atoms with E-state index in [1.54, 1.807) is 29.1 Å². The zero-order valence-electron chi connectivity index (χ0n) is 10.6. The second kappa shape index (κ2) is 5.32. The van der Waals surface area contributed by atoms with E-state index in [0.29, 0.717) is 17.3 Å². The average Bonchev–Trinajstić information content (AvgIpc) is 2.70. The summed E-state index contributed by atoms with van der Waals surface area (Å²) in [6.07, 6.45) is 1.57. The number of methoxy groups -OCH3 is 1. The maximum Gasteiger partial charge on any atom is 0.339 e. The molecule has 1 aromatic heterocycles. The van der Waals surface area contributed by atoms with Crippen molar-refractivity contribution in [2.24, 2.45) is 0 Å². The Balaban J connectivity index is 2.34. The molecule has 100 valence electrons. The highest BCUT2D eigenvalue weighted by Crippen LogP contribution is 2.21. The highest BCUT2D eigenvalue weighted by atomic mass is 35.5. The van der Waals surface area contributed by atoms with E-state index in [4.69, 9.17) is 21.4 Å².